The van der Waals surface area contributed by atoms with Crippen LogP contribution in [0.2, 0.25) is 0 Å². The van der Waals surface area contributed by atoms with E-state index in [2.05, 4.69) is 11.4 Å². The molecule has 1 saturated carbocycles. The Morgan fingerprint density at radius 3 is 2.12 bits per heavy atom. The van der Waals surface area contributed by atoms with Gasteiger partial charge in [-0.15, -0.1) is 0 Å². The Kier molecular flexibility index (Phi) is 4.16. The highest BCUT2D eigenvalue weighted by Gasteiger charge is 2.42. The quantitative estimate of drug-likeness (QED) is 0.881. The Morgan fingerprint density at radius 2 is 1.58 bits per heavy atom. The molecule has 4 unspecified atom stereocenters. The molecule has 24 heavy (non-hydrogen) atoms. The minimum absolute atomic E-state index is 0.0465. The summed E-state index contributed by atoms with van der Waals surface area (Å²) >= 11 is 1.66. The molecule has 0 spiro atoms. The highest BCUT2D eigenvalue weighted by molar-refractivity contribution is 7.08. The van der Waals surface area contributed by atoms with Crippen LogP contribution in [0.1, 0.15) is 23.2 Å². The van der Waals surface area contributed by atoms with E-state index < -0.39 is 12.2 Å². The van der Waals surface area contributed by atoms with Crippen molar-refractivity contribution in [3.8, 4) is 11.1 Å². The van der Waals surface area contributed by atoms with E-state index in [1.165, 1.54) is 5.56 Å². The lowest BCUT2D eigenvalue weighted by Crippen LogP contribution is -2.38. The van der Waals surface area contributed by atoms with Crippen LogP contribution >= 0.6 is 11.3 Å². The van der Waals surface area contributed by atoms with Crippen LogP contribution in [0, 0.1) is 11.8 Å². The van der Waals surface area contributed by atoms with Gasteiger partial charge in [-0.25, -0.2) is 0 Å². The molecule has 1 amide bonds. The lowest BCUT2D eigenvalue weighted by Gasteiger charge is -2.31. The zero-order chi connectivity index (χ0) is 16.7. The van der Waals surface area contributed by atoms with Crippen molar-refractivity contribution < 1.29 is 15.0 Å². The maximum atomic E-state index is 12.8. The van der Waals surface area contributed by atoms with E-state index in [-0.39, 0.29) is 5.91 Å². The third-order valence-corrected chi connectivity index (χ3v) is 6.07. The molecule has 4 rings (SSSR count). The number of fused-ring (bicyclic) bond motifs is 1. The zero-order valence-electron chi connectivity index (χ0n) is 13.3. The van der Waals surface area contributed by atoms with Gasteiger partial charge in [-0.05, 0) is 64.8 Å². The number of carbonyl (C=O) groups is 1. The Bertz CT molecular complexity index is 695. The number of hydrogen-bond donors (Lipinski definition) is 2. The van der Waals surface area contributed by atoms with Crippen molar-refractivity contribution >= 4 is 17.2 Å². The highest BCUT2D eigenvalue weighted by atomic mass is 32.1. The Morgan fingerprint density at radius 1 is 0.958 bits per heavy atom. The van der Waals surface area contributed by atoms with E-state index in [0.29, 0.717) is 43.3 Å². The maximum absolute atomic E-state index is 12.8. The van der Waals surface area contributed by atoms with E-state index >= 15 is 0 Å². The van der Waals surface area contributed by atoms with Gasteiger partial charge in [-0.1, -0.05) is 12.1 Å². The number of benzene rings is 1. The first kappa shape index (κ1) is 15.8. The lowest BCUT2D eigenvalue weighted by molar-refractivity contribution is -0.0372. The minimum atomic E-state index is -0.647. The molecule has 2 N–H and O–H groups in total. The average Bonchev–Trinajstić information content (AvgIpc) is 3.24. The number of aliphatic hydroxyl groups is 2. The molecule has 2 fully saturated rings. The molecule has 2 aromatic rings. The molecule has 2 aliphatic rings. The van der Waals surface area contributed by atoms with Gasteiger partial charge in [0.15, 0.2) is 0 Å². The maximum Gasteiger partial charge on any atom is 0.253 e. The molecular weight excluding hydrogens is 322 g/mol. The second kappa shape index (κ2) is 6.31. The molecule has 0 radical (unpaired) electrons. The molecule has 1 aliphatic carbocycles. The van der Waals surface area contributed by atoms with Crippen LogP contribution in [0.4, 0.5) is 0 Å². The van der Waals surface area contributed by atoms with Gasteiger partial charge in [0.2, 0.25) is 0 Å². The normalized spacial score (nSPS) is 29.5. The topological polar surface area (TPSA) is 60.8 Å². The fourth-order valence-electron chi connectivity index (χ4n) is 3.99. The first-order valence-electron chi connectivity index (χ1n) is 8.40. The standard InChI is InChI=1S/C19H21NO3S/c21-17-7-15-9-20(10-16(15)8-18(17)22)19(23)13-3-1-12(2-4-13)14-5-6-24-11-14/h1-6,11,15-18,21-22H,7-10H2. The molecule has 1 aromatic carbocycles. The van der Waals surface area contributed by atoms with Crippen molar-refractivity contribution in [3.63, 3.8) is 0 Å². The van der Waals surface area contributed by atoms with Crippen LogP contribution < -0.4 is 0 Å². The fraction of sp³-hybridized carbons (Fsp3) is 0.421. The molecule has 126 valence electrons. The summed E-state index contributed by atoms with van der Waals surface area (Å²) in [6.07, 6.45) is -0.114. The van der Waals surface area contributed by atoms with Crippen molar-refractivity contribution in [2.24, 2.45) is 11.8 Å². The summed E-state index contributed by atoms with van der Waals surface area (Å²) in [7, 11) is 0. The second-order valence-electron chi connectivity index (χ2n) is 6.93. The number of likely N-dealkylation sites (tertiary alicyclic amines) is 1. The van der Waals surface area contributed by atoms with Gasteiger partial charge in [-0.2, -0.15) is 11.3 Å². The van der Waals surface area contributed by atoms with Crippen molar-refractivity contribution in [2.75, 3.05) is 13.1 Å². The summed E-state index contributed by atoms with van der Waals surface area (Å²) in [5.41, 5.74) is 3.00. The van der Waals surface area contributed by atoms with E-state index in [4.69, 9.17) is 0 Å². The van der Waals surface area contributed by atoms with Gasteiger partial charge in [0.05, 0.1) is 12.2 Å². The van der Waals surface area contributed by atoms with Gasteiger partial charge in [0, 0.05) is 18.7 Å². The van der Waals surface area contributed by atoms with Crippen LogP contribution in [-0.4, -0.2) is 46.3 Å². The fourth-order valence-corrected chi connectivity index (χ4v) is 4.65. The molecule has 0 bridgehead atoms. The molecule has 2 heterocycles. The summed E-state index contributed by atoms with van der Waals surface area (Å²) in [5.74, 6) is 0.653. The number of amides is 1. The van der Waals surface area contributed by atoms with Crippen LogP contribution in [0.15, 0.2) is 41.1 Å². The summed E-state index contributed by atoms with van der Waals surface area (Å²) in [5, 5.41) is 23.8. The molecule has 1 aliphatic heterocycles. The third-order valence-electron chi connectivity index (χ3n) is 5.38. The van der Waals surface area contributed by atoms with Gasteiger partial charge < -0.3 is 15.1 Å². The molecule has 4 nitrogen and oxygen atoms in total. The molecular formula is C19H21NO3S. The van der Waals surface area contributed by atoms with E-state index in [1.807, 2.05) is 34.5 Å². The summed E-state index contributed by atoms with van der Waals surface area (Å²) in [4.78, 5) is 14.6. The molecule has 1 aromatic heterocycles. The van der Waals surface area contributed by atoms with E-state index in [1.54, 1.807) is 11.3 Å². The van der Waals surface area contributed by atoms with Crippen molar-refractivity contribution in [1.82, 2.24) is 4.90 Å². The summed E-state index contributed by atoms with van der Waals surface area (Å²) in [6, 6.07) is 9.84. The van der Waals surface area contributed by atoms with E-state index in [9.17, 15) is 15.0 Å². The third kappa shape index (κ3) is 2.88. The largest absolute Gasteiger partial charge is 0.390 e. The summed E-state index contributed by atoms with van der Waals surface area (Å²) in [6.45, 7) is 1.36. The number of carbonyl (C=O) groups excluding carboxylic acids is 1. The zero-order valence-corrected chi connectivity index (χ0v) is 14.2. The predicted octanol–water partition coefficient (Wildman–Crippen LogP) is 2.62. The van der Waals surface area contributed by atoms with Crippen LogP contribution in [0.3, 0.4) is 0 Å². The molecule has 1 saturated heterocycles. The van der Waals surface area contributed by atoms with Crippen molar-refractivity contribution in [3.05, 3.63) is 46.7 Å². The van der Waals surface area contributed by atoms with Gasteiger partial charge in [0.1, 0.15) is 0 Å². The van der Waals surface area contributed by atoms with Gasteiger partial charge >= 0.3 is 0 Å². The number of aliphatic hydroxyl groups excluding tert-OH is 2. The summed E-state index contributed by atoms with van der Waals surface area (Å²) < 4.78 is 0. The number of thiophene rings is 1. The Hall–Kier alpha value is -1.69. The van der Waals surface area contributed by atoms with Gasteiger partial charge in [0.25, 0.3) is 5.91 Å². The second-order valence-corrected chi connectivity index (χ2v) is 7.71. The number of nitrogens with zero attached hydrogens (tertiary/aromatic N) is 1. The van der Waals surface area contributed by atoms with E-state index in [0.717, 1.165) is 5.56 Å². The number of hydrogen-bond acceptors (Lipinski definition) is 4. The predicted molar refractivity (Wildman–Crippen MR) is 93.9 cm³/mol. The molecule has 4 atom stereocenters. The SMILES string of the molecule is O=C(c1ccc(-c2ccsc2)cc1)N1CC2CC(O)C(O)CC2C1. The van der Waals surface area contributed by atoms with Crippen molar-refractivity contribution in [1.29, 1.82) is 0 Å². The lowest BCUT2D eigenvalue weighted by atomic mass is 9.79. The monoisotopic (exact) mass is 343 g/mol. The van der Waals surface area contributed by atoms with Crippen molar-refractivity contribution in [2.45, 2.75) is 25.0 Å². The minimum Gasteiger partial charge on any atom is -0.390 e. The Balaban J connectivity index is 1.46. The molecule has 5 heteroatoms. The highest BCUT2D eigenvalue weighted by Crippen LogP contribution is 2.37. The van der Waals surface area contributed by atoms with Crippen LogP contribution in [0.25, 0.3) is 11.1 Å². The Labute approximate surface area is 145 Å². The van der Waals surface area contributed by atoms with Crippen LogP contribution in [-0.2, 0) is 0 Å². The van der Waals surface area contributed by atoms with Gasteiger partial charge in [-0.3, -0.25) is 4.79 Å². The first-order chi connectivity index (χ1) is 11.6. The van der Waals surface area contributed by atoms with Crippen LogP contribution in [0.5, 0.6) is 0 Å². The average molecular weight is 343 g/mol. The first-order valence-corrected chi connectivity index (χ1v) is 9.34. The number of rotatable bonds is 2. The smallest absolute Gasteiger partial charge is 0.253 e.